The summed E-state index contributed by atoms with van der Waals surface area (Å²) in [5, 5.41) is 3.03. The molecule has 144 valence electrons. The van der Waals surface area contributed by atoms with Gasteiger partial charge in [0, 0.05) is 18.4 Å². The van der Waals surface area contributed by atoms with E-state index in [1.165, 1.54) is 18.4 Å². The van der Waals surface area contributed by atoms with Crippen molar-refractivity contribution in [3.05, 3.63) is 71.6 Å². The molecule has 28 heavy (non-hydrogen) atoms. The molecule has 2 heterocycles. The highest BCUT2D eigenvalue weighted by atomic mass is 16.2. The number of benzene rings is 1. The fourth-order valence-corrected chi connectivity index (χ4v) is 4.07. The van der Waals surface area contributed by atoms with Crippen molar-refractivity contribution in [3.8, 4) is 0 Å². The summed E-state index contributed by atoms with van der Waals surface area (Å²) in [6.45, 7) is 0.645. The molecule has 0 unspecified atom stereocenters. The molecule has 0 bridgehead atoms. The summed E-state index contributed by atoms with van der Waals surface area (Å²) in [4.78, 5) is 31.7. The van der Waals surface area contributed by atoms with Crippen molar-refractivity contribution in [3.63, 3.8) is 0 Å². The molecule has 4 rings (SSSR count). The minimum atomic E-state index is -0.375. The number of carbonyl (C=O) groups excluding carboxylic acids is 2. The molecule has 0 saturated heterocycles. The number of carbonyl (C=O) groups is 2. The van der Waals surface area contributed by atoms with Gasteiger partial charge in [0.05, 0.1) is 23.7 Å². The second-order valence-corrected chi connectivity index (χ2v) is 7.37. The summed E-state index contributed by atoms with van der Waals surface area (Å²) >= 11 is 0. The zero-order valence-corrected chi connectivity index (χ0v) is 15.9. The lowest BCUT2D eigenvalue weighted by molar-refractivity contribution is -0.121. The molecule has 1 atom stereocenters. The summed E-state index contributed by atoms with van der Waals surface area (Å²) in [5.74, 6) is -0.145. The van der Waals surface area contributed by atoms with Crippen LogP contribution < -0.4 is 10.2 Å². The van der Waals surface area contributed by atoms with Crippen LogP contribution in [0.2, 0.25) is 0 Å². The molecule has 1 aromatic carbocycles. The third-order valence-corrected chi connectivity index (χ3v) is 5.48. The van der Waals surface area contributed by atoms with Gasteiger partial charge in [-0.05, 0) is 56.4 Å². The van der Waals surface area contributed by atoms with E-state index in [4.69, 9.17) is 0 Å². The Bertz CT molecular complexity index is 892. The minimum Gasteiger partial charge on any atom is -0.356 e. The highest BCUT2D eigenvalue weighted by Crippen LogP contribution is 2.38. The van der Waals surface area contributed by atoms with Gasteiger partial charge in [0.25, 0.3) is 5.91 Å². The van der Waals surface area contributed by atoms with Crippen molar-refractivity contribution in [2.24, 2.45) is 0 Å². The standard InChI is InChI=1S/C23H25N3O2/c27-21(24-15-13-17-8-3-1-4-9-17)16-20-22-19(12-7-14-25-22)23(28)26(20)18-10-5-2-6-11-18/h2,5-8,10-12,14,20H,1,3-4,9,13,15-16H2,(H,24,27)/t20-/m1/s1. The van der Waals surface area contributed by atoms with E-state index in [1.807, 2.05) is 30.3 Å². The summed E-state index contributed by atoms with van der Waals surface area (Å²) in [5.41, 5.74) is 3.49. The number of aromatic nitrogens is 1. The summed E-state index contributed by atoms with van der Waals surface area (Å²) < 4.78 is 0. The number of hydrogen-bond acceptors (Lipinski definition) is 3. The number of nitrogens with zero attached hydrogens (tertiary/aromatic N) is 2. The van der Waals surface area contributed by atoms with E-state index >= 15 is 0 Å². The lowest BCUT2D eigenvalue weighted by Gasteiger charge is -2.24. The third-order valence-electron chi connectivity index (χ3n) is 5.48. The van der Waals surface area contributed by atoms with Crippen molar-refractivity contribution < 1.29 is 9.59 Å². The number of anilines is 1. The molecule has 5 heteroatoms. The average Bonchev–Trinajstić information content (AvgIpc) is 3.01. The molecule has 1 aliphatic heterocycles. The Hall–Kier alpha value is -2.95. The summed E-state index contributed by atoms with van der Waals surface area (Å²) in [7, 11) is 0. The fourth-order valence-electron chi connectivity index (χ4n) is 4.07. The molecule has 1 aliphatic carbocycles. The van der Waals surface area contributed by atoms with Crippen LogP contribution in [0.5, 0.6) is 0 Å². The first-order valence-electron chi connectivity index (χ1n) is 10.0. The number of amides is 2. The number of rotatable bonds is 6. The zero-order chi connectivity index (χ0) is 19.3. The first-order chi connectivity index (χ1) is 13.7. The van der Waals surface area contributed by atoms with Crippen LogP contribution in [0, 0.1) is 0 Å². The second kappa shape index (κ2) is 8.38. The van der Waals surface area contributed by atoms with Crippen LogP contribution in [0.1, 0.15) is 60.6 Å². The van der Waals surface area contributed by atoms with Gasteiger partial charge in [-0.15, -0.1) is 0 Å². The number of allylic oxidation sites excluding steroid dienone is 1. The van der Waals surface area contributed by atoms with Gasteiger partial charge in [-0.2, -0.15) is 0 Å². The maximum Gasteiger partial charge on any atom is 0.260 e. The van der Waals surface area contributed by atoms with E-state index in [2.05, 4.69) is 16.4 Å². The Morgan fingerprint density at radius 2 is 2.00 bits per heavy atom. The van der Waals surface area contributed by atoms with E-state index in [0.29, 0.717) is 17.8 Å². The number of fused-ring (bicyclic) bond motifs is 1. The molecule has 0 saturated carbocycles. The van der Waals surface area contributed by atoms with Gasteiger partial charge in [-0.1, -0.05) is 29.8 Å². The van der Waals surface area contributed by atoms with Crippen LogP contribution in [0.3, 0.4) is 0 Å². The number of hydrogen-bond donors (Lipinski definition) is 1. The molecule has 0 radical (unpaired) electrons. The van der Waals surface area contributed by atoms with E-state index in [0.717, 1.165) is 24.9 Å². The van der Waals surface area contributed by atoms with Crippen LogP contribution >= 0.6 is 0 Å². The molecular formula is C23H25N3O2. The second-order valence-electron chi connectivity index (χ2n) is 7.37. The largest absolute Gasteiger partial charge is 0.356 e. The van der Waals surface area contributed by atoms with Crippen LogP contribution in [0.4, 0.5) is 5.69 Å². The van der Waals surface area contributed by atoms with Crippen LogP contribution in [-0.2, 0) is 4.79 Å². The Labute approximate surface area is 165 Å². The Kier molecular flexibility index (Phi) is 5.51. The quantitative estimate of drug-likeness (QED) is 0.771. The lowest BCUT2D eigenvalue weighted by Crippen LogP contribution is -2.33. The minimum absolute atomic E-state index is 0.0476. The van der Waals surface area contributed by atoms with E-state index in [-0.39, 0.29) is 24.3 Å². The molecular weight excluding hydrogens is 350 g/mol. The van der Waals surface area contributed by atoms with Crippen molar-refractivity contribution in [1.29, 1.82) is 0 Å². The normalized spacial score (nSPS) is 18.6. The zero-order valence-electron chi connectivity index (χ0n) is 15.9. The van der Waals surface area contributed by atoms with Gasteiger partial charge < -0.3 is 5.32 Å². The maximum absolute atomic E-state index is 13.0. The van der Waals surface area contributed by atoms with Gasteiger partial charge in [0.15, 0.2) is 0 Å². The van der Waals surface area contributed by atoms with Gasteiger partial charge in [-0.3, -0.25) is 19.5 Å². The fraction of sp³-hybridized carbons (Fsp3) is 0.348. The molecule has 2 amide bonds. The summed E-state index contributed by atoms with van der Waals surface area (Å²) in [6, 6.07) is 12.7. The molecule has 1 aromatic heterocycles. The molecule has 0 fully saturated rings. The smallest absolute Gasteiger partial charge is 0.260 e. The predicted octanol–water partition coefficient (Wildman–Crippen LogP) is 4.18. The topological polar surface area (TPSA) is 62.3 Å². The van der Waals surface area contributed by atoms with E-state index in [9.17, 15) is 9.59 Å². The number of pyridine rings is 1. The van der Waals surface area contributed by atoms with Gasteiger partial charge in [0.1, 0.15) is 0 Å². The first kappa shape index (κ1) is 18.4. The van der Waals surface area contributed by atoms with Crippen LogP contribution in [0.25, 0.3) is 0 Å². The molecule has 2 aliphatic rings. The van der Waals surface area contributed by atoms with Crippen molar-refractivity contribution in [2.75, 3.05) is 11.4 Å². The van der Waals surface area contributed by atoms with Crippen molar-refractivity contribution in [2.45, 2.75) is 44.6 Å². The van der Waals surface area contributed by atoms with Crippen LogP contribution in [-0.4, -0.2) is 23.3 Å². The van der Waals surface area contributed by atoms with Crippen LogP contribution in [0.15, 0.2) is 60.3 Å². The SMILES string of the molecule is O=C(C[C@@H]1c2ncccc2C(=O)N1c1ccccc1)NCCC1=CCCCC1. The number of nitrogens with one attached hydrogen (secondary N) is 1. The van der Waals surface area contributed by atoms with Crippen molar-refractivity contribution >= 4 is 17.5 Å². The van der Waals surface area contributed by atoms with E-state index in [1.54, 1.807) is 23.2 Å². The Balaban J connectivity index is 1.46. The highest BCUT2D eigenvalue weighted by molar-refractivity contribution is 6.11. The molecule has 5 nitrogen and oxygen atoms in total. The first-order valence-corrected chi connectivity index (χ1v) is 10.0. The number of para-hydroxylation sites is 1. The van der Waals surface area contributed by atoms with Gasteiger partial charge >= 0.3 is 0 Å². The van der Waals surface area contributed by atoms with E-state index < -0.39 is 0 Å². The Morgan fingerprint density at radius 3 is 2.79 bits per heavy atom. The van der Waals surface area contributed by atoms with Gasteiger partial charge in [0.2, 0.25) is 5.91 Å². The predicted molar refractivity (Wildman–Crippen MR) is 109 cm³/mol. The highest BCUT2D eigenvalue weighted by Gasteiger charge is 2.39. The molecule has 2 aromatic rings. The lowest BCUT2D eigenvalue weighted by atomic mass is 9.97. The third kappa shape index (κ3) is 3.84. The maximum atomic E-state index is 13.0. The molecule has 0 spiro atoms. The summed E-state index contributed by atoms with van der Waals surface area (Å²) in [6.07, 6.45) is 9.93. The monoisotopic (exact) mass is 375 g/mol. The Morgan fingerprint density at radius 1 is 1.14 bits per heavy atom. The molecule has 1 N–H and O–H groups in total. The van der Waals surface area contributed by atoms with Gasteiger partial charge in [-0.25, -0.2) is 0 Å². The average molecular weight is 375 g/mol. The van der Waals surface area contributed by atoms with Crippen molar-refractivity contribution in [1.82, 2.24) is 10.3 Å².